The fraction of sp³-hybridized carbons (Fsp3) is 0.214. The number of aryl methyl sites for hydroxylation is 1. The smallest absolute Gasteiger partial charge is 0.170 e. The Hall–Kier alpha value is -1.52. The van der Waals surface area contributed by atoms with Crippen LogP contribution in [0.1, 0.15) is 12.2 Å². The van der Waals surface area contributed by atoms with Crippen LogP contribution in [0.25, 0.3) is 0 Å². The van der Waals surface area contributed by atoms with Crippen LogP contribution in [-0.4, -0.2) is 11.7 Å². The van der Waals surface area contributed by atoms with Gasteiger partial charge in [0.15, 0.2) is 5.11 Å². The molecule has 1 aromatic carbocycles. The van der Waals surface area contributed by atoms with Gasteiger partial charge in [-0.25, -0.2) is 0 Å². The van der Waals surface area contributed by atoms with E-state index >= 15 is 0 Å². The minimum Gasteiger partial charge on any atom is -0.469 e. The Morgan fingerprint density at radius 2 is 2.00 bits per heavy atom. The van der Waals surface area contributed by atoms with Gasteiger partial charge in [-0.1, -0.05) is 11.6 Å². The summed E-state index contributed by atoms with van der Waals surface area (Å²) in [6.45, 7) is 0.806. The van der Waals surface area contributed by atoms with E-state index in [1.807, 2.05) is 36.4 Å². The Morgan fingerprint density at radius 3 is 2.68 bits per heavy atom. The van der Waals surface area contributed by atoms with E-state index in [0.29, 0.717) is 10.1 Å². The summed E-state index contributed by atoms with van der Waals surface area (Å²) < 4.78 is 5.26. The largest absolute Gasteiger partial charge is 0.469 e. The molecule has 2 N–H and O–H groups in total. The number of furan rings is 1. The van der Waals surface area contributed by atoms with E-state index in [-0.39, 0.29) is 0 Å². The summed E-state index contributed by atoms with van der Waals surface area (Å²) in [6, 6.07) is 11.3. The lowest BCUT2D eigenvalue weighted by Gasteiger charge is -2.10. The molecule has 0 aliphatic carbocycles. The van der Waals surface area contributed by atoms with Crippen LogP contribution in [0.15, 0.2) is 47.1 Å². The van der Waals surface area contributed by atoms with Crippen molar-refractivity contribution in [1.29, 1.82) is 0 Å². The fourth-order valence-corrected chi connectivity index (χ4v) is 1.97. The minimum absolute atomic E-state index is 0.613. The van der Waals surface area contributed by atoms with Gasteiger partial charge in [0, 0.05) is 23.7 Å². The number of anilines is 1. The third kappa shape index (κ3) is 4.93. The molecule has 0 radical (unpaired) electrons. The highest BCUT2D eigenvalue weighted by Crippen LogP contribution is 2.13. The average molecular weight is 295 g/mol. The standard InChI is InChI=1S/C14H15ClN2OS/c15-11-5-7-12(8-6-11)17-14(19)16-9-1-3-13-4-2-10-18-13/h2,4-8,10H,1,3,9H2,(H2,16,17,19). The van der Waals surface area contributed by atoms with Crippen molar-refractivity contribution in [2.75, 3.05) is 11.9 Å². The van der Waals surface area contributed by atoms with Crippen molar-refractivity contribution >= 4 is 34.6 Å². The zero-order valence-electron chi connectivity index (χ0n) is 10.4. The van der Waals surface area contributed by atoms with Gasteiger partial charge in [0.1, 0.15) is 5.76 Å². The number of benzene rings is 1. The van der Waals surface area contributed by atoms with E-state index in [1.165, 1.54) is 0 Å². The lowest BCUT2D eigenvalue weighted by Crippen LogP contribution is -2.29. The third-order valence-electron chi connectivity index (χ3n) is 2.57. The van der Waals surface area contributed by atoms with Gasteiger partial charge < -0.3 is 15.1 Å². The molecule has 0 unspecified atom stereocenters. The minimum atomic E-state index is 0.613. The number of rotatable bonds is 5. The lowest BCUT2D eigenvalue weighted by molar-refractivity contribution is 0.501. The van der Waals surface area contributed by atoms with Crippen LogP contribution >= 0.6 is 23.8 Å². The second kappa shape index (κ2) is 7.16. The van der Waals surface area contributed by atoms with Crippen molar-refractivity contribution in [1.82, 2.24) is 5.32 Å². The topological polar surface area (TPSA) is 37.2 Å². The number of nitrogens with one attached hydrogen (secondary N) is 2. The SMILES string of the molecule is S=C(NCCCc1ccco1)Nc1ccc(Cl)cc1. The molecule has 0 fully saturated rings. The van der Waals surface area contributed by atoms with E-state index in [0.717, 1.165) is 30.8 Å². The first kappa shape index (κ1) is 13.9. The Balaban J connectivity index is 1.65. The number of halogens is 1. The molecule has 0 aliphatic rings. The highest BCUT2D eigenvalue weighted by atomic mass is 35.5. The molecule has 100 valence electrons. The number of hydrogen-bond donors (Lipinski definition) is 2. The zero-order chi connectivity index (χ0) is 13.5. The third-order valence-corrected chi connectivity index (χ3v) is 3.07. The van der Waals surface area contributed by atoms with Gasteiger partial charge in [0.2, 0.25) is 0 Å². The van der Waals surface area contributed by atoms with E-state index in [2.05, 4.69) is 10.6 Å². The maximum atomic E-state index is 5.81. The van der Waals surface area contributed by atoms with Crippen LogP contribution in [0.5, 0.6) is 0 Å². The molecule has 0 saturated carbocycles. The summed E-state index contributed by atoms with van der Waals surface area (Å²) >= 11 is 11.0. The van der Waals surface area contributed by atoms with Crippen molar-refractivity contribution in [3.63, 3.8) is 0 Å². The van der Waals surface area contributed by atoms with Crippen molar-refractivity contribution in [2.24, 2.45) is 0 Å². The molecule has 1 heterocycles. The Labute approximate surface area is 123 Å². The van der Waals surface area contributed by atoms with Crippen molar-refractivity contribution in [3.8, 4) is 0 Å². The highest BCUT2D eigenvalue weighted by Gasteiger charge is 1.99. The Bertz CT molecular complexity index is 511. The van der Waals surface area contributed by atoms with Crippen LogP contribution in [0.3, 0.4) is 0 Å². The second-order valence-corrected chi connectivity index (χ2v) is 4.92. The Morgan fingerprint density at radius 1 is 1.21 bits per heavy atom. The summed E-state index contributed by atoms with van der Waals surface area (Å²) in [6.07, 6.45) is 3.56. The molecule has 2 aromatic rings. The highest BCUT2D eigenvalue weighted by molar-refractivity contribution is 7.80. The molecule has 0 aliphatic heterocycles. The van der Waals surface area contributed by atoms with Gasteiger partial charge >= 0.3 is 0 Å². The van der Waals surface area contributed by atoms with Crippen LogP contribution in [0.4, 0.5) is 5.69 Å². The molecule has 0 amide bonds. The molecular weight excluding hydrogens is 280 g/mol. The molecule has 5 heteroatoms. The summed E-state index contributed by atoms with van der Waals surface area (Å²) in [5.41, 5.74) is 0.924. The van der Waals surface area contributed by atoms with Crippen LogP contribution in [-0.2, 0) is 6.42 Å². The van der Waals surface area contributed by atoms with Crippen molar-refractivity contribution < 1.29 is 4.42 Å². The molecule has 3 nitrogen and oxygen atoms in total. The van der Waals surface area contributed by atoms with Gasteiger partial charge in [-0.2, -0.15) is 0 Å². The summed E-state index contributed by atoms with van der Waals surface area (Å²) in [7, 11) is 0. The van der Waals surface area contributed by atoms with Gasteiger partial charge in [0.05, 0.1) is 6.26 Å². The molecular formula is C14H15ClN2OS. The predicted octanol–water partition coefficient (Wildman–Crippen LogP) is 3.85. The monoisotopic (exact) mass is 294 g/mol. The zero-order valence-corrected chi connectivity index (χ0v) is 11.9. The molecule has 0 spiro atoms. The van der Waals surface area contributed by atoms with Crippen LogP contribution < -0.4 is 10.6 Å². The van der Waals surface area contributed by atoms with Crippen molar-refractivity contribution in [2.45, 2.75) is 12.8 Å². The molecule has 0 saturated heterocycles. The van der Waals surface area contributed by atoms with Gasteiger partial charge in [-0.15, -0.1) is 0 Å². The maximum absolute atomic E-state index is 5.81. The van der Waals surface area contributed by atoms with Crippen LogP contribution in [0, 0.1) is 0 Å². The van der Waals surface area contributed by atoms with E-state index in [9.17, 15) is 0 Å². The Kier molecular flexibility index (Phi) is 5.24. The van der Waals surface area contributed by atoms with E-state index in [1.54, 1.807) is 6.26 Å². The second-order valence-electron chi connectivity index (χ2n) is 4.07. The number of thiocarbonyl (C=S) groups is 1. The molecule has 0 bridgehead atoms. The van der Waals surface area contributed by atoms with Gasteiger partial charge in [0.25, 0.3) is 0 Å². The molecule has 0 atom stereocenters. The quantitative estimate of drug-likeness (QED) is 0.649. The first-order valence-electron chi connectivity index (χ1n) is 6.07. The molecule has 1 aromatic heterocycles. The van der Waals surface area contributed by atoms with Gasteiger partial charge in [-0.3, -0.25) is 0 Å². The molecule has 19 heavy (non-hydrogen) atoms. The molecule has 2 rings (SSSR count). The lowest BCUT2D eigenvalue weighted by atomic mass is 10.2. The average Bonchev–Trinajstić information content (AvgIpc) is 2.91. The summed E-state index contributed by atoms with van der Waals surface area (Å²) in [5, 5.41) is 7.58. The number of hydrogen-bond acceptors (Lipinski definition) is 2. The van der Waals surface area contributed by atoms with E-state index in [4.69, 9.17) is 28.2 Å². The van der Waals surface area contributed by atoms with Gasteiger partial charge in [-0.05, 0) is 55.0 Å². The van der Waals surface area contributed by atoms with E-state index < -0.39 is 0 Å². The summed E-state index contributed by atoms with van der Waals surface area (Å²) in [4.78, 5) is 0. The summed E-state index contributed by atoms with van der Waals surface area (Å²) in [5.74, 6) is 0.998. The van der Waals surface area contributed by atoms with Crippen molar-refractivity contribution in [3.05, 3.63) is 53.4 Å². The first-order valence-corrected chi connectivity index (χ1v) is 6.85. The fourth-order valence-electron chi connectivity index (χ4n) is 1.63. The predicted molar refractivity (Wildman–Crippen MR) is 82.7 cm³/mol. The van der Waals surface area contributed by atoms with Crippen LogP contribution in [0.2, 0.25) is 5.02 Å². The normalized spacial score (nSPS) is 10.2. The maximum Gasteiger partial charge on any atom is 0.170 e. The first-order chi connectivity index (χ1) is 9.24.